The Kier molecular flexibility index (Phi) is 4.86. The van der Waals surface area contributed by atoms with E-state index in [4.69, 9.17) is 33.7 Å². The fraction of sp³-hybridized carbons (Fsp3) is 0.200. The lowest BCUT2D eigenvalue weighted by atomic mass is 10.0. The minimum Gasteiger partial charge on any atom is -0.481 e. The number of benzene rings is 2. The van der Waals surface area contributed by atoms with Gasteiger partial charge in [0.1, 0.15) is 6.10 Å². The first-order chi connectivity index (χ1) is 9.50. The molecule has 2 aromatic carbocycles. The number of hydrogen-bond donors (Lipinski definition) is 1. The van der Waals surface area contributed by atoms with Crippen molar-refractivity contribution >= 4 is 23.2 Å². The largest absolute Gasteiger partial charge is 0.481 e. The van der Waals surface area contributed by atoms with E-state index in [9.17, 15) is 4.39 Å². The summed E-state index contributed by atoms with van der Waals surface area (Å²) in [7, 11) is 0. The first-order valence-corrected chi connectivity index (χ1v) is 6.87. The Hall–Kier alpha value is -1.29. The highest BCUT2D eigenvalue weighted by molar-refractivity contribution is 6.31. The molecule has 2 rings (SSSR count). The van der Waals surface area contributed by atoms with Gasteiger partial charge < -0.3 is 10.5 Å². The van der Waals surface area contributed by atoms with Crippen molar-refractivity contribution in [3.63, 3.8) is 0 Å². The number of hydrogen-bond acceptors (Lipinski definition) is 2. The minimum atomic E-state index is -0.605. The van der Waals surface area contributed by atoms with Crippen molar-refractivity contribution in [1.29, 1.82) is 0 Å². The molecule has 0 heterocycles. The van der Waals surface area contributed by atoms with Crippen LogP contribution in [0.15, 0.2) is 42.5 Å². The standard InChI is InChI=1S/C15H14Cl2FNO/c1-9(19)15(10-5-2-3-6-11(10)16)20-13-8-4-7-12(17)14(13)18/h2-9,15H,19H2,1H3. The molecule has 0 amide bonds. The van der Waals surface area contributed by atoms with Gasteiger partial charge in [-0.15, -0.1) is 0 Å². The van der Waals surface area contributed by atoms with Gasteiger partial charge in [0.15, 0.2) is 11.6 Å². The number of nitrogens with two attached hydrogens (primary N) is 1. The third kappa shape index (κ3) is 3.23. The SMILES string of the molecule is CC(N)C(Oc1cccc(Cl)c1F)c1ccccc1Cl. The van der Waals surface area contributed by atoms with Gasteiger partial charge in [0.05, 0.1) is 5.02 Å². The normalized spacial score (nSPS) is 13.8. The van der Waals surface area contributed by atoms with Gasteiger partial charge in [0, 0.05) is 16.6 Å². The topological polar surface area (TPSA) is 35.2 Å². The molecule has 0 aliphatic rings. The van der Waals surface area contributed by atoms with Gasteiger partial charge in [-0.05, 0) is 25.1 Å². The van der Waals surface area contributed by atoms with E-state index in [1.54, 1.807) is 25.1 Å². The van der Waals surface area contributed by atoms with Crippen molar-refractivity contribution < 1.29 is 9.13 Å². The highest BCUT2D eigenvalue weighted by Crippen LogP contribution is 2.32. The minimum absolute atomic E-state index is 0.00471. The zero-order valence-electron chi connectivity index (χ0n) is 10.8. The molecule has 0 aliphatic heterocycles. The first-order valence-electron chi connectivity index (χ1n) is 6.11. The monoisotopic (exact) mass is 313 g/mol. The van der Waals surface area contributed by atoms with E-state index in [1.807, 2.05) is 12.1 Å². The molecule has 0 aromatic heterocycles. The van der Waals surface area contributed by atoms with Crippen molar-refractivity contribution in [2.75, 3.05) is 0 Å². The fourth-order valence-electron chi connectivity index (χ4n) is 1.87. The lowest BCUT2D eigenvalue weighted by Crippen LogP contribution is -2.29. The maximum absolute atomic E-state index is 13.9. The zero-order valence-corrected chi connectivity index (χ0v) is 12.3. The lowest BCUT2D eigenvalue weighted by Gasteiger charge is -2.24. The van der Waals surface area contributed by atoms with Crippen LogP contribution in [-0.4, -0.2) is 6.04 Å². The van der Waals surface area contributed by atoms with Crippen LogP contribution in [0.25, 0.3) is 0 Å². The molecular formula is C15H14Cl2FNO. The van der Waals surface area contributed by atoms with Gasteiger partial charge in [-0.25, -0.2) is 4.39 Å². The Morgan fingerprint density at radius 1 is 1.05 bits per heavy atom. The van der Waals surface area contributed by atoms with Gasteiger partial charge in [-0.2, -0.15) is 0 Å². The van der Waals surface area contributed by atoms with Crippen molar-refractivity contribution in [3.05, 3.63) is 63.9 Å². The van der Waals surface area contributed by atoms with Crippen LogP contribution in [0.5, 0.6) is 5.75 Å². The Morgan fingerprint density at radius 3 is 2.35 bits per heavy atom. The molecule has 0 radical (unpaired) electrons. The molecule has 5 heteroatoms. The summed E-state index contributed by atoms with van der Waals surface area (Å²) in [6.07, 6.45) is -0.559. The molecule has 0 saturated carbocycles. The summed E-state index contributed by atoms with van der Waals surface area (Å²) < 4.78 is 19.6. The smallest absolute Gasteiger partial charge is 0.183 e. The number of ether oxygens (including phenoxy) is 1. The maximum Gasteiger partial charge on any atom is 0.183 e. The van der Waals surface area contributed by atoms with Crippen LogP contribution in [0.1, 0.15) is 18.6 Å². The van der Waals surface area contributed by atoms with Crippen molar-refractivity contribution in [3.8, 4) is 5.75 Å². The van der Waals surface area contributed by atoms with Gasteiger partial charge >= 0.3 is 0 Å². The van der Waals surface area contributed by atoms with Crippen LogP contribution in [0.3, 0.4) is 0 Å². The lowest BCUT2D eigenvalue weighted by molar-refractivity contribution is 0.173. The quantitative estimate of drug-likeness (QED) is 0.895. The molecule has 2 nitrogen and oxygen atoms in total. The highest BCUT2D eigenvalue weighted by Gasteiger charge is 2.22. The van der Waals surface area contributed by atoms with Crippen LogP contribution in [0, 0.1) is 5.82 Å². The van der Waals surface area contributed by atoms with Crippen LogP contribution in [-0.2, 0) is 0 Å². The average Bonchev–Trinajstić information content (AvgIpc) is 2.41. The average molecular weight is 314 g/mol. The molecule has 2 N–H and O–H groups in total. The predicted molar refractivity (Wildman–Crippen MR) is 79.9 cm³/mol. The highest BCUT2D eigenvalue weighted by atomic mass is 35.5. The summed E-state index contributed by atoms with van der Waals surface area (Å²) in [6, 6.07) is 11.4. The summed E-state index contributed by atoms with van der Waals surface area (Å²) in [5, 5.41) is 0.530. The van der Waals surface area contributed by atoms with Crippen LogP contribution < -0.4 is 10.5 Å². The predicted octanol–water partition coefficient (Wildman–Crippen LogP) is 4.60. The molecule has 20 heavy (non-hydrogen) atoms. The van der Waals surface area contributed by atoms with Crippen LogP contribution >= 0.6 is 23.2 Å². The molecular weight excluding hydrogens is 300 g/mol. The molecule has 0 aliphatic carbocycles. The van der Waals surface area contributed by atoms with Crippen LogP contribution in [0.2, 0.25) is 10.0 Å². The molecule has 2 aromatic rings. The Morgan fingerprint density at radius 2 is 1.70 bits per heavy atom. The third-order valence-corrected chi connectivity index (χ3v) is 3.50. The number of halogens is 3. The maximum atomic E-state index is 13.9. The Bertz CT molecular complexity index is 604. The third-order valence-electron chi connectivity index (χ3n) is 2.86. The zero-order chi connectivity index (χ0) is 14.7. The Labute approximate surface area is 127 Å². The summed E-state index contributed by atoms with van der Waals surface area (Å²) in [5.74, 6) is -0.549. The van der Waals surface area contributed by atoms with E-state index in [2.05, 4.69) is 0 Å². The second kappa shape index (κ2) is 6.44. The van der Waals surface area contributed by atoms with Crippen LogP contribution in [0.4, 0.5) is 4.39 Å². The summed E-state index contributed by atoms with van der Waals surface area (Å²) >= 11 is 11.9. The molecule has 0 fully saturated rings. The van der Waals surface area contributed by atoms with E-state index < -0.39 is 11.9 Å². The van der Waals surface area contributed by atoms with E-state index in [1.165, 1.54) is 12.1 Å². The number of rotatable bonds is 4. The van der Waals surface area contributed by atoms with Gasteiger partial charge in [-0.1, -0.05) is 47.5 Å². The summed E-state index contributed by atoms with van der Waals surface area (Å²) in [4.78, 5) is 0. The van der Waals surface area contributed by atoms with Gasteiger partial charge in [0.2, 0.25) is 0 Å². The summed E-state index contributed by atoms with van der Waals surface area (Å²) in [6.45, 7) is 1.77. The molecule has 2 unspecified atom stereocenters. The molecule has 0 bridgehead atoms. The molecule has 106 valence electrons. The Balaban J connectivity index is 2.36. The van der Waals surface area contributed by atoms with Gasteiger partial charge in [-0.3, -0.25) is 0 Å². The second-order valence-electron chi connectivity index (χ2n) is 4.47. The first kappa shape index (κ1) is 15.1. The van der Waals surface area contributed by atoms with Crippen molar-refractivity contribution in [2.24, 2.45) is 5.73 Å². The van der Waals surface area contributed by atoms with E-state index in [0.29, 0.717) is 10.6 Å². The van der Waals surface area contributed by atoms with Gasteiger partial charge in [0.25, 0.3) is 0 Å². The molecule has 0 saturated heterocycles. The fourth-order valence-corrected chi connectivity index (χ4v) is 2.28. The van der Waals surface area contributed by atoms with Crippen molar-refractivity contribution in [1.82, 2.24) is 0 Å². The summed E-state index contributed by atoms with van der Waals surface area (Å²) in [5.41, 5.74) is 6.65. The van der Waals surface area contributed by atoms with E-state index in [0.717, 1.165) is 0 Å². The second-order valence-corrected chi connectivity index (χ2v) is 5.29. The molecule has 0 spiro atoms. The van der Waals surface area contributed by atoms with E-state index >= 15 is 0 Å². The van der Waals surface area contributed by atoms with Crippen molar-refractivity contribution in [2.45, 2.75) is 19.1 Å². The molecule has 2 atom stereocenters. The van der Waals surface area contributed by atoms with E-state index in [-0.39, 0.29) is 16.8 Å².